The normalized spacial score (nSPS) is 18.0. The number of hydrogen-bond donors (Lipinski definition) is 0. The third kappa shape index (κ3) is 4.93. The van der Waals surface area contributed by atoms with Crippen LogP contribution in [0, 0.1) is 0 Å². The zero-order valence-electron chi connectivity index (χ0n) is 13.5. The minimum absolute atomic E-state index is 0.000556. The van der Waals surface area contributed by atoms with Crippen molar-refractivity contribution < 1.29 is 23.0 Å². The summed E-state index contributed by atoms with van der Waals surface area (Å²) in [5, 5.41) is 0.155. The molecule has 1 aromatic heterocycles. The fraction of sp³-hybridized carbons (Fsp3) is 0.467. The molecular weight excluding hydrogens is 358 g/mol. The number of nitrogens with zero attached hydrogens (tertiary/aromatic N) is 4. The molecule has 1 aromatic rings. The molecule has 0 saturated carbocycles. The fourth-order valence-electron chi connectivity index (χ4n) is 2.29. The molecule has 1 aliphatic rings. The van der Waals surface area contributed by atoms with Crippen molar-refractivity contribution in [1.82, 2.24) is 9.88 Å². The van der Waals surface area contributed by atoms with E-state index >= 15 is 0 Å². The van der Waals surface area contributed by atoms with Gasteiger partial charge in [-0.05, 0) is 13.6 Å². The minimum Gasteiger partial charge on any atom is -0.473 e. The number of morpholine rings is 1. The number of hydrogen-bond acceptors (Lipinski definition) is 6. The summed E-state index contributed by atoms with van der Waals surface area (Å²) in [6.45, 7) is 5.43. The molecule has 0 bridgehead atoms. The molecule has 0 aromatic carbocycles. The van der Waals surface area contributed by atoms with E-state index in [0.717, 1.165) is 4.90 Å². The van der Waals surface area contributed by atoms with Crippen molar-refractivity contribution in [2.24, 2.45) is 9.98 Å². The van der Waals surface area contributed by atoms with Gasteiger partial charge >= 0.3 is 6.43 Å². The van der Waals surface area contributed by atoms with Gasteiger partial charge in [0.2, 0.25) is 5.88 Å². The molecule has 10 heteroatoms. The van der Waals surface area contributed by atoms with E-state index in [1.165, 1.54) is 6.07 Å². The van der Waals surface area contributed by atoms with Gasteiger partial charge in [-0.1, -0.05) is 11.6 Å². The Labute approximate surface area is 148 Å². The molecular formula is C15H17ClF2N4O3. The van der Waals surface area contributed by atoms with Crippen molar-refractivity contribution in [3.8, 4) is 5.88 Å². The van der Waals surface area contributed by atoms with Crippen LogP contribution in [-0.4, -0.2) is 67.6 Å². The monoisotopic (exact) mass is 374 g/mol. The molecule has 1 aliphatic heterocycles. The highest BCUT2D eigenvalue weighted by Crippen LogP contribution is 2.37. The van der Waals surface area contributed by atoms with Crippen molar-refractivity contribution in [1.29, 1.82) is 0 Å². The Morgan fingerprint density at radius 3 is 3.08 bits per heavy atom. The van der Waals surface area contributed by atoms with Crippen LogP contribution in [0.1, 0.15) is 6.92 Å². The summed E-state index contributed by atoms with van der Waals surface area (Å²) in [5.74, 6) is -1.12. The third-order valence-corrected chi connectivity index (χ3v) is 3.57. The van der Waals surface area contributed by atoms with Gasteiger partial charge in [-0.15, -0.1) is 0 Å². The van der Waals surface area contributed by atoms with Gasteiger partial charge in [-0.3, -0.25) is 14.8 Å². The number of alkyl halides is 2. The maximum atomic E-state index is 12.5. The van der Waals surface area contributed by atoms with Gasteiger partial charge in [0, 0.05) is 18.8 Å². The van der Waals surface area contributed by atoms with Crippen molar-refractivity contribution in [3.63, 3.8) is 0 Å². The Hall–Kier alpha value is -2.13. The first-order valence-corrected chi connectivity index (χ1v) is 7.81. The molecule has 0 spiro atoms. The molecule has 1 saturated heterocycles. The molecule has 0 radical (unpaired) electrons. The molecule has 1 fully saturated rings. The number of pyridine rings is 1. The Bertz CT molecular complexity index is 672. The summed E-state index contributed by atoms with van der Waals surface area (Å²) < 4.78 is 36.1. The summed E-state index contributed by atoms with van der Waals surface area (Å²) in [7, 11) is 0. The SMILES string of the molecule is C=Nc1c(N=CC)cc(Cl)nc1OCC1CN(C(=O)C(F)F)CCO1. The fourth-order valence-corrected chi connectivity index (χ4v) is 2.47. The summed E-state index contributed by atoms with van der Waals surface area (Å²) in [6.07, 6.45) is -2.06. The molecule has 0 aliphatic carbocycles. The van der Waals surface area contributed by atoms with Gasteiger partial charge in [-0.25, -0.2) is 0 Å². The van der Waals surface area contributed by atoms with Crippen LogP contribution in [-0.2, 0) is 9.53 Å². The van der Waals surface area contributed by atoms with E-state index in [0.29, 0.717) is 11.4 Å². The van der Waals surface area contributed by atoms with Gasteiger partial charge in [-0.2, -0.15) is 13.8 Å². The maximum Gasteiger partial charge on any atom is 0.315 e. The second-order valence-electron chi connectivity index (χ2n) is 5.05. The van der Waals surface area contributed by atoms with Crippen LogP contribution in [0.5, 0.6) is 5.88 Å². The van der Waals surface area contributed by atoms with Crippen LogP contribution in [0.25, 0.3) is 0 Å². The largest absolute Gasteiger partial charge is 0.473 e. The molecule has 1 unspecified atom stereocenters. The summed E-state index contributed by atoms with van der Waals surface area (Å²) in [6, 6.07) is 1.51. The summed E-state index contributed by atoms with van der Waals surface area (Å²) >= 11 is 5.94. The lowest BCUT2D eigenvalue weighted by atomic mass is 10.2. The number of carbonyl (C=O) groups excluding carboxylic acids is 1. The number of ether oxygens (including phenoxy) is 2. The molecule has 136 valence electrons. The average molecular weight is 375 g/mol. The predicted molar refractivity (Wildman–Crippen MR) is 90.1 cm³/mol. The Morgan fingerprint density at radius 2 is 2.44 bits per heavy atom. The molecule has 25 heavy (non-hydrogen) atoms. The number of amides is 1. The third-order valence-electron chi connectivity index (χ3n) is 3.38. The predicted octanol–water partition coefficient (Wildman–Crippen LogP) is 2.66. The first-order chi connectivity index (χ1) is 12.0. The zero-order valence-corrected chi connectivity index (χ0v) is 14.2. The van der Waals surface area contributed by atoms with Crippen molar-refractivity contribution >= 4 is 41.8 Å². The molecule has 7 nitrogen and oxygen atoms in total. The minimum atomic E-state index is -3.04. The standard InChI is InChI=1S/C15H17ClF2N4O3/c1-3-20-10-6-11(16)21-14(12(10)19-2)25-8-9-7-22(4-5-24-9)15(23)13(17)18/h3,6,9,13H,2,4-5,7-8H2,1H3. The van der Waals surface area contributed by atoms with E-state index in [4.69, 9.17) is 21.1 Å². The van der Waals surface area contributed by atoms with E-state index in [1.54, 1.807) is 13.1 Å². The Kier molecular flexibility index (Phi) is 6.77. The lowest BCUT2D eigenvalue weighted by Crippen LogP contribution is -2.49. The van der Waals surface area contributed by atoms with E-state index < -0.39 is 18.4 Å². The number of aromatic nitrogens is 1. The molecule has 1 amide bonds. The number of carbonyl (C=O) groups is 1. The molecule has 2 heterocycles. The number of aliphatic imine (C=N–C) groups is 2. The van der Waals surface area contributed by atoms with Crippen molar-refractivity contribution in [3.05, 3.63) is 11.2 Å². The number of rotatable bonds is 6. The van der Waals surface area contributed by atoms with Crippen molar-refractivity contribution in [2.75, 3.05) is 26.3 Å². The van der Waals surface area contributed by atoms with Gasteiger partial charge in [0.25, 0.3) is 5.91 Å². The van der Waals surface area contributed by atoms with Crippen LogP contribution in [0.3, 0.4) is 0 Å². The van der Waals surface area contributed by atoms with E-state index in [2.05, 4.69) is 21.7 Å². The highest BCUT2D eigenvalue weighted by atomic mass is 35.5. The van der Waals surface area contributed by atoms with Crippen LogP contribution in [0.4, 0.5) is 20.2 Å². The summed E-state index contributed by atoms with van der Waals surface area (Å²) in [5.41, 5.74) is 0.741. The van der Waals surface area contributed by atoms with E-state index in [1.807, 2.05) is 0 Å². The highest BCUT2D eigenvalue weighted by molar-refractivity contribution is 6.29. The Morgan fingerprint density at radius 1 is 1.68 bits per heavy atom. The maximum absolute atomic E-state index is 12.5. The lowest BCUT2D eigenvalue weighted by molar-refractivity contribution is -0.151. The summed E-state index contributed by atoms with van der Waals surface area (Å²) in [4.78, 5) is 24.4. The quantitative estimate of drug-likeness (QED) is 0.566. The van der Waals surface area contributed by atoms with E-state index in [9.17, 15) is 13.6 Å². The molecule has 1 atom stereocenters. The van der Waals surface area contributed by atoms with Crippen molar-refractivity contribution in [2.45, 2.75) is 19.5 Å². The Balaban J connectivity index is 2.08. The second kappa shape index (κ2) is 8.82. The first kappa shape index (κ1) is 19.2. The van der Waals surface area contributed by atoms with Crippen LogP contribution in [0.15, 0.2) is 16.1 Å². The zero-order chi connectivity index (χ0) is 18.4. The smallest absolute Gasteiger partial charge is 0.315 e. The number of halogens is 3. The molecule has 2 rings (SSSR count). The van der Waals surface area contributed by atoms with Crippen LogP contribution < -0.4 is 4.74 Å². The first-order valence-electron chi connectivity index (χ1n) is 7.43. The average Bonchev–Trinajstić information content (AvgIpc) is 2.59. The van der Waals surface area contributed by atoms with Gasteiger partial charge < -0.3 is 14.4 Å². The van der Waals surface area contributed by atoms with Gasteiger partial charge in [0.15, 0.2) is 5.69 Å². The lowest BCUT2D eigenvalue weighted by Gasteiger charge is -2.32. The van der Waals surface area contributed by atoms with Gasteiger partial charge in [0.05, 0.1) is 18.8 Å². The van der Waals surface area contributed by atoms with Gasteiger partial charge in [0.1, 0.15) is 17.9 Å². The van der Waals surface area contributed by atoms with Crippen LogP contribution >= 0.6 is 11.6 Å². The van der Waals surface area contributed by atoms with Crippen LogP contribution in [0.2, 0.25) is 5.15 Å². The second-order valence-corrected chi connectivity index (χ2v) is 5.44. The van der Waals surface area contributed by atoms with E-state index in [-0.39, 0.29) is 37.3 Å². The highest BCUT2D eigenvalue weighted by Gasteiger charge is 2.29. The topological polar surface area (TPSA) is 76.4 Å². The molecule has 0 N–H and O–H groups in total.